The predicted octanol–water partition coefficient (Wildman–Crippen LogP) is 3.74. The fraction of sp³-hybridized carbons (Fsp3) is 0.389. The topological polar surface area (TPSA) is 50.4 Å². The molecule has 1 aromatic carbocycles. The number of carbonyl (C=O) groups excluding carboxylic acids is 1. The van der Waals surface area contributed by atoms with E-state index in [-0.39, 0.29) is 12.1 Å². The molecule has 23 heavy (non-hydrogen) atoms. The van der Waals surface area contributed by atoms with Crippen molar-refractivity contribution in [3.63, 3.8) is 0 Å². The van der Waals surface area contributed by atoms with Gasteiger partial charge in [-0.25, -0.2) is 4.79 Å². The van der Waals surface area contributed by atoms with Crippen LogP contribution in [0.15, 0.2) is 41.8 Å². The lowest BCUT2D eigenvalue weighted by molar-refractivity contribution is 0.193. The first kappa shape index (κ1) is 17.5. The molecule has 2 amide bonds. The minimum Gasteiger partial charge on any atom is -0.385 e. The second kappa shape index (κ2) is 9.33. The van der Waals surface area contributed by atoms with E-state index in [9.17, 15) is 4.79 Å². The fourth-order valence-corrected chi connectivity index (χ4v) is 3.12. The van der Waals surface area contributed by atoms with Crippen molar-refractivity contribution in [1.82, 2.24) is 10.6 Å². The summed E-state index contributed by atoms with van der Waals surface area (Å²) in [6, 6.07) is 12.2. The van der Waals surface area contributed by atoms with Crippen LogP contribution in [0.3, 0.4) is 0 Å². The fourth-order valence-electron chi connectivity index (χ4n) is 2.32. The van der Waals surface area contributed by atoms with Gasteiger partial charge in [0.25, 0.3) is 0 Å². The van der Waals surface area contributed by atoms with Crippen LogP contribution in [0.25, 0.3) is 0 Å². The summed E-state index contributed by atoms with van der Waals surface area (Å²) in [6.07, 6.45) is 1.82. The molecule has 124 valence electrons. The molecule has 0 spiro atoms. The van der Waals surface area contributed by atoms with Crippen LogP contribution < -0.4 is 10.6 Å². The summed E-state index contributed by atoms with van der Waals surface area (Å²) in [7, 11) is 1.66. The number of thiophene rings is 1. The smallest absolute Gasteiger partial charge is 0.315 e. The molecule has 0 aliphatic carbocycles. The highest BCUT2D eigenvalue weighted by Gasteiger charge is 2.17. The van der Waals surface area contributed by atoms with Crippen molar-refractivity contribution in [3.05, 3.63) is 57.8 Å². The van der Waals surface area contributed by atoms with Gasteiger partial charge in [0.05, 0.1) is 6.04 Å². The zero-order valence-corrected chi connectivity index (χ0v) is 14.5. The second-order valence-electron chi connectivity index (χ2n) is 5.29. The largest absolute Gasteiger partial charge is 0.385 e. The number of benzene rings is 1. The highest BCUT2D eigenvalue weighted by molar-refractivity contribution is 7.10. The van der Waals surface area contributed by atoms with Crippen LogP contribution in [0.2, 0.25) is 0 Å². The van der Waals surface area contributed by atoms with E-state index in [1.807, 2.05) is 17.5 Å². The number of hydrogen-bond donors (Lipinski definition) is 2. The molecule has 2 aromatic rings. The molecule has 0 saturated heterocycles. The molecule has 0 saturated carbocycles. The van der Waals surface area contributed by atoms with Crippen molar-refractivity contribution < 1.29 is 9.53 Å². The third kappa shape index (κ3) is 5.37. The van der Waals surface area contributed by atoms with E-state index in [4.69, 9.17) is 4.74 Å². The first-order valence-electron chi connectivity index (χ1n) is 7.90. The van der Waals surface area contributed by atoms with Crippen molar-refractivity contribution >= 4 is 17.4 Å². The van der Waals surface area contributed by atoms with Gasteiger partial charge in [0.15, 0.2) is 0 Å². The Morgan fingerprint density at radius 2 is 2.04 bits per heavy atom. The zero-order valence-electron chi connectivity index (χ0n) is 13.7. The number of urea groups is 1. The van der Waals surface area contributed by atoms with Gasteiger partial charge in [0.1, 0.15) is 0 Å². The van der Waals surface area contributed by atoms with E-state index in [2.05, 4.69) is 41.8 Å². The Hall–Kier alpha value is -1.85. The van der Waals surface area contributed by atoms with Crippen LogP contribution in [0.5, 0.6) is 0 Å². The van der Waals surface area contributed by atoms with Crippen LogP contribution in [0.1, 0.15) is 35.4 Å². The molecule has 2 rings (SSSR count). The predicted molar refractivity (Wildman–Crippen MR) is 95.0 cm³/mol. The lowest BCUT2D eigenvalue weighted by Crippen LogP contribution is -2.38. The van der Waals surface area contributed by atoms with Gasteiger partial charge in [-0.05, 0) is 35.4 Å². The molecule has 1 aromatic heterocycles. The van der Waals surface area contributed by atoms with Crippen molar-refractivity contribution in [2.24, 2.45) is 0 Å². The molecule has 0 bridgehead atoms. The third-order valence-corrected chi connectivity index (χ3v) is 4.57. The maximum absolute atomic E-state index is 12.1. The molecule has 5 heteroatoms. The number of nitrogens with one attached hydrogen (secondary N) is 2. The number of carbonyl (C=O) groups is 1. The van der Waals surface area contributed by atoms with Crippen molar-refractivity contribution in [1.29, 1.82) is 0 Å². The number of aryl methyl sites for hydroxylation is 1. The third-order valence-electron chi connectivity index (χ3n) is 3.64. The van der Waals surface area contributed by atoms with Crippen LogP contribution in [0.4, 0.5) is 4.79 Å². The highest BCUT2D eigenvalue weighted by Crippen LogP contribution is 2.26. The summed E-state index contributed by atoms with van der Waals surface area (Å²) in [4.78, 5) is 13.3. The SMILES string of the molecule is CCc1ccc([C@@H](NC(=O)NCCCOC)c2cccs2)cc1. The van der Waals surface area contributed by atoms with Crippen molar-refractivity contribution in [2.45, 2.75) is 25.8 Å². The van der Waals surface area contributed by atoms with E-state index in [1.54, 1.807) is 18.4 Å². The Kier molecular flexibility index (Phi) is 7.10. The second-order valence-corrected chi connectivity index (χ2v) is 6.27. The summed E-state index contributed by atoms with van der Waals surface area (Å²) in [5.41, 5.74) is 2.39. The molecule has 0 fully saturated rings. The quantitative estimate of drug-likeness (QED) is 0.724. The maximum atomic E-state index is 12.1. The molecule has 0 aliphatic rings. The Morgan fingerprint density at radius 3 is 2.65 bits per heavy atom. The zero-order chi connectivity index (χ0) is 16.5. The lowest BCUT2D eigenvalue weighted by Gasteiger charge is -2.19. The molecule has 4 nitrogen and oxygen atoms in total. The Balaban J connectivity index is 2.04. The van der Waals surface area contributed by atoms with Crippen LogP contribution in [0, 0.1) is 0 Å². The summed E-state index contributed by atoms with van der Waals surface area (Å²) >= 11 is 1.65. The van der Waals surface area contributed by atoms with Gasteiger partial charge in [-0.3, -0.25) is 0 Å². The molecule has 0 unspecified atom stereocenters. The van der Waals surface area contributed by atoms with E-state index >= 15 is 0 Å². The van der Waals surface area contributed by atoms with Crippen LogP contribution >= 0.6 is 11.3 Å². The van der Waals surface area contributed by atoms with Gasteiger partial charge in [-0.15, -0.1) is 11.3 Å². The standard InChI is InChI=1S/C18H24N2O2S/c1-3-14-7-9-15(10-8-14)17(16-6-4-13-23-16)20-18(21)19-11-5-12-22-2/h4,6-10,13,17H,3,5,11-12H2,1-2H3,(H2,19,20,21)/t17-/m1/s1. The van der Waals surface area contributed by atoms with Gasteiger partial charge in [-0.1, -0.05) is 37.3 Å². The van der Waals surface area contributed by atoms with Crippen LogP contribution in [-0.2, 0) is 11.2 Å². The van der Waals surface area contributed by atoms with Gasteiger partial charge in [0.2, 0.25) is 0 Å². The minimum absolute atomic E-state index is 0.122. The monoisotopic (exact) mass is 332 g/mol. The van der Waals surface area contributed by atoms with E-state index in [0.717, 1.165) is 23.3 Å². The van der Waals surface area contributed by atoms with Crippen LogP contribution in [-0.4, -0.2) is 26.3 Å². The lowest BCUT2D eigenvalue weighted by atomic mass is 10.0. The minimum atomic E-state index is -0.154. The maximum Gasteiger partial charge on any atom is 0.315 e. The van der Waals surface area contributed by atoms with E-state index < -0.39 is 0 Å². The Bertz CT molecular complexity index is 582. The molecular weight excluding hydrogens is 308 g/mol. The van der Waals surface area contributed by atoms with E-state index in [0.29, 0.717) is 13.2 Å². The van der Waals surface area contributed by atoms with Gasteiger partial charge in [-0.2, -0.15) is 0 Å². The normalized spacial score (nSPS) is 11.9. The average Bonchev–Trinajstić information content (AvgIpc) is 3.11. The number of amides is 2. The van der Waals surface area contributed by atoms with E-state index in [1.165, 1.54) is 5.56 Å². The molecule has 0 aliphatic heterocycles. The van der Waals surface area contributed by atoms with Gasteiger partial charge >= 0.3 is 6.03 Å². The number of rotatable bonds is 8. The molecule has 1 atom stereocenters. The number of ether oxygens (including phenoxy) is 1. The van der Waals surface area contributed by atoms with Gasteiger partial charge < -0.3 is 15.4 Å². The molecule has 1 heterocycles. The van der Waals surface area contributed by atoms with Gasteiger partial charge in [0, 0.05) is 25.1 Å². The molecular formula is C18H24N2O2S. The molecule has 2 N–H and O–H groups in total. The highest BCUT2D eigenvalue weighted by atomic mass is 32.1. The Labute approximate surface area is 141 Å². The summed E-state index contributed by atoms with van der Waals surface area (Å²) in [6.45, 7) is 3.39. The Morgan fingerprint density at radius 1 is 1.26 bits per heavy atom. The van der Waals surface area contributed by atoms with Crippen molar-refractivity contribution in [2.75, 3.05) is 20.3 Å². The number of methoxy groups -OCH3 is 1. The average molecular weight is 332 g/mol. The van der Waals surface area contributed by atoms with Crippen molar-refractivity contribution in [3.8, 4) is 0 Å². The first-order valence-corrected chi connectivity index (χ1v) is 8.78. The summed E-state index contributed by atoms with van der Waals surface area (Å²) in [5, 5.41) is 7.98. The number of hydrogen-bond acceptors (Lipinski definition) is 3. The summed E-state index contributed by atoms with van der Waals surface area (Å²) < 4.78 is 4.98. The molecule has 0 radical (unpaired) electrons. The summed E-state index contributed by atoms with van der Waals surface area (Å²) in [5.74, 6) is 0. The first-order chi connectivity index (χ1) is 11.2.